The monoisotopic (exact) mass is 1000 g/mol. The van der Waals surface area contributed by atoms with Gasteiger partial charge < -0.3 is 48.9 Å². The summed E-state index contributed by atoms with van der Waals surface area (Å²) in [6, 6.07) is 27.2. The van der Waals surface area contributed by atoms with Crippen molar-refractivity contribution in [2.75, 3.05) is 27.5 Å². The van der Waals surface area contributed by atoms with Gasteiger partial charge in [0.1, 0.15) is 53.6 Å². The molecule has 0 saturated heterocycles. The largest absolute Gasteiger partial charge is 0.497 e. The second kappa shape index (κ2) is 28.4. The molecule has 0 unspecified atom stereocenters. The lowest BCUT2D eigenvalue weighted by atomic mass is 9.90. The number of carbonyl (C=O) groups excluding carboxylic acids is 8. The van der Waals surface area contributed by atoms with E-state index in [1.807, 2.05) is 13.0 Å². The molecule has 19 nitrogen and oxygen atoms in total. The first-order valence-electron chi connectivity index (χ1n) is 23.6. The molecule has 73 heavy (non-hydrogen) atoms. The Balaban J connectivity index is 1.28. The predicted octanol–water partition coefficient (Wildman–Crippen LogP) is 6.92. The molecule has 5 rings (SSSR count). The van der Waals surface area contributed by atoms with Crippen LogP contribution in [0.4, 0.5) is 0 Å². The summed E-state index contributed by atoms with van der Waals surface area (Å²) in [5.41, 5.74) is 1.66. The number of ketones is 1. The second-order valence-electron chi connectivity index (χ2n) is 16.5. The van der Waals surface area contributed by atoms with E-state index in [4.69, 9.17) is 32.9 Å². The summed E-state index contributed by atoms with van der Waals surface area (Å²) in [4.78, 5) is 111. The van der Waals surface area contributed by atoms with Crippen LogP contribution in [0.15, 0.2) is 114 Å². The van der Waals surface area contributed by atoms with Gasteiger partial charge in [0.05, 0.1) is 38.4 Å². The van der Waals surface area contributed by atoms with Gasteiger partial charge in [-0.15, -0.1) is 0 Å². The lowest BCUT2D eigenvalue weighted by molar-refractivity contribution is -0.171. The zero-order valence-electron chi connectivity index (χ0n) is 41.3. The highest BCUT2D eigenvalue weighted by Gasteiger charge is 2.34. The van der Waals surface area contributed by atoms with Gasteiger partial charge in [0.25, 0.3) is 11.8 Å². The number of methoxy groups -OCH3 is 2. The van der Waals surface area contributed by atoms with E-state index in [1.54, 1.807) is 61.5 Å². The Morgan fingerprint density at radius 1 is 0.726 bits per heavy atom. The van der Waals surface area contributed by atoms with Crippen molar-refractivity contribution < 1.29 is 71.3 Å². The number of hydrogen-bond acceptors (Lipinski definition) is 15. The molecule has 5 aromatic rings. The van der Waals surface area contributed by atoms with Gasteiger partial charge in [-0.3, -0.25) is 24.0 Å². The molecule has 1 heterocycles. The maximum absolute atomic E-state index is 13.8. The minimum absolute atomic E-state index is 0.0294. The van der Waals surface area contributed by atoms with Crippen molar-refractivity contribution in [2.24, 2.45) is 5.92 Å². The highest BCUT2D eigenvalue weighted by atomic mass is 16.7. The summed E-state index contributed by atoms with van der Waals surface area (Å²) in [6.45, 7) is 3.92. The summed E-state index contributed by atoms with van der Waals surface area (Å²) in [7, 11) is 2.83. The average molecular weight is 1010 g/mol. The first kappa shape index (κ1) is 55.4. The van der Waals surface area contributed by atoms with Crippen molar-refractivity contribution in [1.82, 2.24) is 21.0 Å². The number of benzene rings is 4. The van der Waals surface area contributed by atoms with E-state index in [9.17, 15) is 38.4 Å². The minimum Gasteiger partial charge on any atom is -0.497 e. The number of esters is 2. The Labute approximate surface area is 422 Å². The Kier molecular flexibility index (Phi) is 21.6. The zero-order chi connectivity index (χ0) is 52.7. The average Bonchev–Trinajstić information content (AvgIpc) is 3.91. The summed E-state index contributed by atoms with van der Waals surface area (Å²) < 4.78 is 33.1. The standard InChI is InChI=1S/C54H60N4O15/c1-6-8-11-20-40(44(7-2)58(34-59)73-53(65)42-24-22-39(67-4)29-47(42)68-5)50(62)55-33-56-52(64)46-26-25-45(72-46)38-21-23-41(48(28-38)69-32-49(61)70-30-36-16-12-9-13-17-36)51(63)57-43(27-35(3)60)54(66)71-31-37-18-14-10-15-19-37/h9-10,12-19,21-26,28-29,34,40,43-44H,6-8,11,20,27,30-33H2,1-5H3,(H,55,62)(H,56,64)(H,57,63)/t40-,43+,44-/m1/s1. The van der Waals surface area contributed by atoms with Crippen molar-refractivity contribution in [3.8, 4) is 28.6 Å². The third-order valence-corrected chi connectivity index (χ3v) is 11.3. The fourth-order valence-electron chi connectivity index (χ4n) is 7.52. The van der Waals surface area contributed by atoms with Crippen LogP contribution in [-0.4, -0.2) is 92.5 Å². The molecule has 386 valence electrons. The van der Waals surface area contributed by atoms with Gasteiger partial charge in [-0.05, 0) is 67.3 Å². The van der Waals surface area contributed by atoms with E-state index in [0.717, 1.165) is 23.5 Å². The van der Waals surface area contributed by atoms with Crippen molar-refractivity contribution in [3.05, 3.63) is 137 Å². The van der Waals surface area contributed by atoms with Crippen LogP contribution in [0.5, 0.6) is 17.2 Å². The number of ether oxygens (including phenoxy) is 5. The molecule has 0 spiro atoms. The van der Waals surface area contributed by atoms with Gasteiger partial charge in [-0.25, -0.2) is 14.4 Å². The van der Waals surface area contributed by atoms with Crippen LogP contribution in [0.1, 0.15) is 102 Å². The van der Waals surface area contributed by atoms with Crippen molar-refractivity contribution in [3.63, 3.8) is 0 Å². The van der Waals surface area contributed by atoms with E-state index >= 15 is 0 Å². The third kappa shape index (κ3) is 16.6. The Bertz CT molecular complexity index is 2670. The Hall–Kier alpha value is -8.48. The number of Topliss-reactive ketones (excluding diaryl/α,β-unsaturated/α-hetero) is 1. The van der Waals surface area contributed by atoms with Crippen LogP contribution in [0.25, 0.3) is 11.3 Å². The van der Waals surface area contributed by atoms with Gasteiger partial charge in [0, 0.05) is 18.1 Å². The van der Waals surface area contributed by atoms with E-state index in [0.29, 0.717) is 36.1 Å². The smallest absolute Gasteiger partial charge is 0.366 e. The van der Waals surface area contributed by atoms with Gasteiger partial charge in [-0.2, -0.15) is 5.06 Å². The van der Waals surface area contributed by atoms with Crippen LogP contribution >= 0.6 is 0 Å². The van der Waals surface area contributed by atoms with Crippen molar-refractivity contribution >= 4 is 47.8 Å². The molecule has 0 aliphatic rings. The minimum atomic E-state index is -1.36. The van der Waals surface area contributed by atoms with Crippen LogP contribution < -0.4 is 30.2 Å². The second-order valence-corrected chi connectivity index (χ2v) is 16.5. The van der Waals surface area contributed by atoms with Crippen LogP contribution in [0.3, 0.4) is 0 Å². The predicted molar refractivity (Wildman–Crippen MR) is 264 cm³/mol. The number of rotatable bonds is 29. The topological polar surface area (TPSA) is 244 Å². The molecule has 0 radical (unpaired) electrons. The molecule has 1 aromatic heterocycles. The molecular weight excluding hydrogens is 945 g/mol. The van der Waals surface area contributed by atoms with E-state index in [-0.39, 0.29) is 72.7 Å². The Morgan fingerprint density at radius 3 is 2.04 bits per heavy atom. The van der Waals surface area contributed by atoms with Crippen molar-refractivity contribution in [2.45, 2.75) is 84.6 Å². The molecule has 4 aromatic carbocycles. The highest BCUT2D eigenvalue weighted by Crippen LogP contribution is 2.31. The number of unbranched alkanes of at least 4 members (excludes halogenated alkanes) is 2. The summed E-state index contributed by atoms with van der Waals surface area (Å²) in [6.07, 6.45) is 2.82. The maximum Gasteiger partial charge on any atom is 0.366 e. The molecule has 3 atom stereocenters. The Morgan fingerprint density at radius 2 is 1.41 bits per heavy atom. The normalized spacial score (nSPS) is 11.9. The lowest BCUT2D eigenvalue weighted by Crippen LogP contribution is -2.49. The zero-order valence-corrected chi connectivity index (χ0v) is 41.3. The quantitative estimate of drug-likeness (QED) is 0.0145. The number of nitrogens with zero attached hydrogens (tertiary/aromatic N) is 1. The lowest BCUT2D eigenvalue weighted by Gasteiger charge is -2.32. The van der Waals surface area contributed by atoms with Crippen LogP contribution in [0.2, 0.25) is 0 Å². The number of amides is 4. The van der Waals surface area contributed by atoms with Gasteiger partial charge in [0.15, 0.2) is 12.4 Å². The third-order valence-electron chi connectivity index (χ3n) is 11.3. The number of hydrogen-bond donors (Lipinski definition) is 3. The first-order valence-corrected chi connectivity index (χ1v) is 23.6. The van der Waals surface area contributed by atoms with E-state index in [1.165, 1.54) is 69.7 Å². The van der Waals surface area contributed by atoms with Crippen LogP contribution in [-0.2, 0) is 51.5 Å². The molecule has 0 aliphatic carbocycles. The molecule has 0 bridgehead atoms. The van der Waals surface area contributed by atoms with Gasteiger partial charge in [-0.1, -0.05) is 99.8 Å². The fourth-order valence-corrected chi connectivity index (χ4v) is 7.52. The molecule has 19 heteroatoms. The maximum atomic E-state index is 13.8. The molecule has 3 N–H and O–H groups in total. The van der Waals surface area contributed by atoms with E-state index in [2.05, 4.69) is 16.0 Å². The van der Waals surface area contributed by atoms with Gasteiger partial charge in [0.2, 0.25) is 12.3 Å². The highest BCUT2D eigenvalue weighted by molar-refractivity contribution is 6.01. The van der Waals surface area contributed by atoms with E-state index < -0.39 is 60.2 Å². The number of carbonyl (C=O) groups is 8. The van der Waals surface area contributed by atoms with Gasteiger partial charge >= 0.3 is 17.9 Å². The molecule has 0 saturated carbocycles. The number of hydroxylamine groups is 2. The van der Waals surface area contributed by atoms with Crippen LogP contribution in [0, 0.1) is 5.92 Å². The fraction of sp³-hybridized carbons (Fsp3) is 0.333. The molecule has 4 amide bonds. The summed E-state index contributed by atoms with van der Waals surface area (Å²) >= 11 is 0. The summed E-state index contributed by atoms with van der Waals surface area (Å²) in [5, 5.41) is 8.68. The molecule has 0 aliphatic heterocycles. The number of nitrogens with one attached hydrogen (secondary N) is 3. The molecular formula is C54H60N4O15. The van der Waals surface area contributed by atoms with Crippen molar-refractivity contribution in [1.29, 1.82) is 0 Å². The first-order chi connectivity index (χ1) is 35.3. The molecule has 0 fully saturated rings. The number of furan rings is 1. The SMILES string of the molecule is CCCCC[C@@H](C(=O)NCNC(=O)c1ccc(-c2ccc(C(=O)N[C@@H](CC(C)=O)C(=O)OCc3ccccc3)c(OCC(=O)OCc3ccccc3)c2)o1)[C@@H](CC)N(C=O)OC(=O)c1ccc(OC)cc1OC. The summed E-state index contributed by atoms with van der Waals surface area (Å²) in [5.74, 6) is -5.30.